The molecule has 0 aliphatic heterocycles. The lowest BCUT2D eigenvalue weighted by atomic mass is 10.3. The fourth-order valence-electron chi connectivity index (χ4n) is 0.818. The maximum Gasteiger partial charge on any atom is 0.123 e. The highest BCUT2D eigenvalue weighted by Gasteiger charge is 1.91. The number of rotatable bonds is 4. The van der Waals surface area contributed by atoms with Gasteiger partial charge in [-0.05, 0) is 24.3 Å². The second-order valence-corrected chi connectivity index (χ2v) is 2.78. The largest absolute Gasteiger partial charge is 0.490 e. The average Bonchev–Trinajstić information content (AvgIpc) is 2.15. The Morgan fingerprint density at radius 1 is 1.23 bits per heavy atom. The van der Waals surface area contributed by atoms with E-state index in [4.69, 9.17) is 4.74 Å². The van der Waals surface area contributed by atoms with Crippen LogP contribution in [-0.2, 0) is 0 Å². The molecule has 1 nitrogen and oxygen atoms in total. The van der Waals surface area contributed by atoms with Crippen molar-refractivity contribution in [3.8, 4) is 5.75 Å². The van der Waals surface area contributed by atoms with Gasteiger partial charge < -0.3 is 4.74 Å². The van der Waals surface area contributed by atoms with Crippen LogP contribution in [0.25, 0.3) is 0 Å². The van der Waals surface area contributed by atoms with E-state index in [2.05, 4.69) is 12.6 Å². The van der Waals surface area contributed by atoms with E-state index in [9.17, 15) is 4.39 Å². The first-order valence-corrected chi connectivity index (χ1v) is 4.60. The highest BCUT2D eigenvalue weighted by atomic mass is 32.1. The minimum Gasteiger partial charge on any atom is -0.490 e. The summed E-state index contributed by atoms with van der Waals surface area (Å²) in [6.45, 7) is 0.492. The molecule has 0 bridgehead atoms. The van der Waals surface area contributed by atoms with Crippen molar-refractivity contribution in [2.45, 2.75) is 0 Å². The molecule has 0 atom stereocenters. The summed E-state index contributed by atoms with van der Waals surface area (Å²) < 4.78 is 17.7. The Balaban J connectivity index is 2.37. The fourth-order valence-corrected chi connectivity index (χ4v) is 0.967. The van der Waals surface area contributed by atoms with Crippen LogP contribution in [0.5, 0.6) is 5.75 Å². The van der Waals surface area contributed by atoms with Gasteiger partial charge in [-0.3, -0.25) is 0 Å². The molecule has 0 aromatic heterocycles. The van der Waals surface area contributed by atoms with Crippen LogP contribution in [0.1, 0.15) is 0 Å². The third-order valence-corrected chi connectivity index (χ3v) is 1.64. The summed E-state index contributed by atoms with van der Waals surface area (Å²) >= 11 is 4.00. The third-order valence-electron chi connectivity index (χ3n) is 1.43. The Kier molecular flexibility index (Phi) is 4.40. The predicted molar refractivity (Wildman–Crippen MR) is 54.9 cm³/mol. The molecule has 0 aliphatic rings. The normalized spacial score (nSPS) is 10.6. The molecule has 0 unspecified atom stereocenters. The number of ether oxygens (including phenoxy) is 1. The lowest BCUT2D eigenvalue weighted by molar-refractivity contribution is 0.362. The van der Waals surface area contributed by atoms with Crippen molar-refractivity contribution in [3.63, 3.8) is 0 Å². The van der Waals surface area contributed by atoms with Crippen molar-refractivity contribution in [1.82, 2.24) is 0 Å². The molecule has 0 heterocycles. The number of hydrogen-bond acceptors (Lipinski definition) is 2. The smallest absolute Gasteiger partial charge is 0.123 e. The van der Waals surface area contributed by atoms with Crippen molar-refractivity contribution in [1.29, 1.82) is 0 Å². The van der Waals surface area contributed by atoms with Crippen LogP contribution in [0, 0.1) is 5.82 Å². The van der Waals surface area contributed by atoms with Gasteiger partial charge in [0.05, 0.1) is 0 Å². The number of halogens is 1. The summed E-state index contributed by atoms with van der Waals surface area (Å²) in [5, 5.41) is 0. The Bertz CT molecular complexity index is 269. The summed E-state index contributed by atoms with van der Waals surface area (Å²) in [7, 11) is 0. The van der Waals surface area contributed by atoms with E-state index >= 15 is 0 Å². The van der Waals surface area contributed by atoms with Crippen LogP contribution >= 0.6 is 12.6 Å². The van der Waals surface area contributed by atoms with E-state index in [-0.39, 0.29) is 5.82 Å². The first kappa shape index (κ1) is 10.1. The van der Waals surface area contributed by atoms with E-state index < -0.39 is 0 Å². The zero-order valence-corrected chi connectivity index (χ0v) is 8.01. The Morgan fingerprint density at radius 2 is 1.92 bits per heavy atom. The molecular formula is C10H11FOS. The van der Waals surface area contributed by atoms with Crippen LogP contribution in [-0.4, -0.2) is 12.4 Å². The van der Waals surface area contributed by atoms with Gasteiger partial charge in [-0.1, -0.05) is 12.2 Å². The van der Waals surface area contributed by atoms with Gasteiger partial charge in [-0.15, -0.1) is 0 Å². The first-order chi connectivity index (χ1) is 6.33. The highest BCUT2D eigenvalue weighted by Crippen LogP contribution is 2.10. The van der Waals surface area contributed by atoms with Gasteiger partial charge in [-0.25, -0.2) is 4.39 Å². The summed E-state index contributed by atoms with van der Waals surface area (Å²) in [6.07, 6.45) is 3.77. The quantitative estimate of drug-likeness (QED) is 0.578. The average molecular weight is 198 g/mol. The van der Waals surface area contributed by atoms with E-state index in [1.54, 1.807) is 12.1 Å². The molecular weight excluding hydrogens is 187 g/mol. The predicted octanol–water partition coefficient (Wildman–Crippen LogP) is 2.69. The van der Waals surface area contributed by atoms with Crippen LogP contribution in [0.4, 0.5) is 4.39 Å². The molecule has 0 N–H and O–H groups in total. The number of thiol groups is 1. The minimum absolute atomic E-state index is 0.252. The molecule has 0 saturated carbocycles. The summed E-state index contributed by atoms with van der Waals surface area (Å²) in [5.74, 6) is 1.12. The molecule has 1 aromatic rings. The van der Waals surface area contributed by atoms with Crippen LogP contribution < -0.4 is 4.74 Å². The first-order valence-electron chi connectivity index (χ1n) is 3.97. The molecule has 0 aliphatic carbocycles. The number of benzene rings is 1. The molecule has 0 fully saturated rings. The van der Waals surface area contributed by atoms with Gasteiger partial charge in [0.25, 0.3) is 0 Å². The maximum absolute atomic E-state index is 12.4. The molecule has 0 saturated heterocycles. The Hall–Kier alpha value is -0.960. The van der Waals surface area contributed by atoms with Crippen LogP contribution in [0.2, 0.25) is 0 Å². The second-order valence-electron chi connectivity index (χ2n) is 2.42. The fraction of sp³-hybridized carbons (Fsp3) is 0.200. The molecule has 1 aromatic carbocycles. The van der Waals surface area contributed by atoms with Crippen molar-refractivity contribution >= 4 is 12.6 Å². The molecule has 0 amide bonds. The summed E-state index contributed by atoms with van der Waals surface area (Å²) in [6, 6.07) is 5.95. The Labute approximate surface area is 82.6 Å². The standard InChI is InChI=1S/C10H11FOS/c11-9-3-5-10(6-4-9)12-7-1-2-8-13/h1-6,13H,7-8H2. The molecule has 1 rings (SSSR count). The Morgan fingerprint density at radius 3 is 2.54 bits per heavy atom. The van der Waals surface area contributed by atoms with Crippen molar-refractivity contribution < 1.29 is 9.13 Å². The topological polar surface area (TPSA) is 9.23 Å². The van der Waals surface area contributed by atoms with Crippen molar-refractivity contribution in [2.75, 3.05) is 12.4 Å². The second kappa shape index (κ2) is 5.65. The van der Waals surface area contributed by atoms with Crippen molar-refractivity contribution in [2.24, 2.45) is 0 Å². The highest BCUT2D eigenvalue weighted by molar-refractivity contribution is 7.80. The minimum atomic E-state index is -0.252. The molecule has 0 spiro atoms. The molecule has 0 radical (unpaired) electrons. The van der Waals surface area contributed by atoms with Gasteiger partial charge >= 0.3 is 0 Å². The summed E-state index contributed by atoms with van der Waals surface area (Å²) in [4.78, 5) is 0. The number of hydrogen-bond donors (Lipinski definition) is 1. The van der Waals surface area contributed by atoms with E-state index in [1.165, 1.54) is 12.1 Å². The molecule has 70 valence electrons. The van der Waals surface area contributed by atoms with Gasteiger partial charge in [0.2, 0.25) is 0 Å². The molecule has 13 heavy (non-hydrogen) atoms. The van der Waals surface area contributed by atoms with Gasteiger partial charge in [0, 0.05) is 5.75 Å². The third kappa shape index (κ3) is 3.99. The van der Waals surface area contributed by atoms with Crippen LogP contribution in [0.15, 0.2) is 36.4 Å². The SMILES string of the molecule is Fc1ccc(OCC=CCS)cc1. The lowest BCUT2D eigenvalue weighted by Gasteiger charge is -2.01. The van der Waals surface area contributed by atoms with Crippen molar-refractivity contribution in [3.05, 3.63) is 42.2 Å². The molecule has 3 heteroatoms. The van der Waals surface area contributed by atoms with Gasteiger partial charge in [0.1, 0.15) is 18.2 Å². The zero-order chi connectivity index (χ0) is 9.52. The zero-order valence-electron chi connectivity index (χ0n) is 7.11. The van der Waals surface area contributed by atoms with Gasteiger partial charge in [-0.2, -0.15) is 12.6 Å². The monoisotopic (exact) mass is 198 g/mol. The van der Waals surface area contributed by atoms with Gasteiger partial charge in [0.15, 0.2) is 0 Å². The summed E-state index contributed by atoms with van der Waals surface area (Å²) in [5.41, 5.74) is 0. The lowest BCUT2D eigenvalue weighted by Crippen LogP contribution is -1.93. The van der Waals surface area contributed by atoms with E-state index in [1.807, 2.05) is 12.2 Å². The van der Waals surface area contributed by atoms with E-state index in [0.717, 1.165) is 0 Å². The van der Waals surface area contributed by atoms with E-state index in [0.29, 0.717) is 18.1 Å². The maximum atomic E-state index is 12.4. The van der Waals surface area contributed by atoms with Crippen LogP contribution in [0.3, 0.4) is 0 Å².